The summed E-state index contributed by atoms with van der Waals surface area (Å²) in [4.78, 5) is 0. The summed E-state index contributed by atoms with van der Waals surface area (Å²) in [6, 6.07) is 4.76. The van der Waals surface area contributed by atoms with Crippen molar-refractivity contribution in [3.05, 3.63) is 35.4 Å². The Morgan fingerprint density at radius 1 is 1.29 bits per heavy atom. The van der Waals surface area contributed by atoms with Crippen molar-refractivity contribution < 1.29 is 17.3 Å². The van der Waals surface area contributed by atoms with Crippen LogP contribution in [0.1, 0.15) is 34.4 Å². The van der Waals surface area contributed by atoms with E-state index in [2.05, 4.69) is 0 Å². The highest BCUT2D eigenvalue weighted by Gasteiger charge is 2.35. The monoisotopic (exact) mass is 203 g/mol. The molecule has 76 valence electrons. The van der Waals surface area contributed by atoms with E-state index in [0.29, 0.717) is 12.0 Å². The number of hydrogen-bond acceptors (Lipinski definition) is 0. The van der Waals surface area contributed by atoms with Crippen molar-refractivity contribution >= 4 is 0 Å². The lowest BCUT2D eigenvalue weighted by atomic mass is 10.1. The smallest absolute Gasteiger partial charge is 0.166 e. The van der Waals surface area contributed by atoms with Gasteiger partial charge < -0.3 is 0 Å². The Bertz CT molecular complexity index is 405. The second-order valence-electron chi connectivity index (χ2n) is 3.57. The maximum atomic E-state index is 12.3. The van der Waals surface area contributed by atoms with Crippen molar-refractivity contribution in [3.8, 4) is 0 Å². The Kier molecular flexibility index (Phi) is 1.39. The van der Waals surface area contributed by atoms with Gasteiger partial charge in [-0.25, -0.2) is 0 Å². The summed E-state index contributed by atoms with van der Waals surface area (Å²) in [5.74, 6) is -0.524. The molecular formula is C11H11F3. The summed E-state index contributed by atoms with van der Waals surface area (Å²) < 4.78 is 58.6. The van der Waals surface area contributed by atoms with Crippen molar-refractivity contribution in [2.75, 3.05) is 0 Å². The molecule has 2 rings (SSSR count). The maximum Gasteiger partial charge on any atom is 0.416 e. The molecule has 0 heterocycles. The first-order valence-corrected chi connectivity index (χ1v) is 4.37. The first-order valence-electron chi connectivity index (χ1n) is 5.87. The Hall–Kier alpha value is -0.990. The van der Waals surface area contributed by atoms with Crippen LogP contribution in [0.15, 0.2) is 24.3 Å². The molecule has 2 unspecified atom stereocenters. The van der Waals surface area contributed by atoms with Crippen LogP contribution in [0.4, 0.5) is 13.2 Å². The SMILES string of the molecule is [2H]C([2H])([2H])C1CC1c1ccc(C(F)(F)F)cc1. The van der Waals surface area contributed by atoms with E-state index in [1.54, 1.807) is 0 Å². The molecule has 1 aliphatic carbocycles. The third kappa shape index (κ3) is 1.76. The standard InChI is InChI=1S/C11H11F3/c1-7-6-10(7)8-2-4-9(5-3-8)11(12,13)14/h2-5,7,10H,6H2,1H3/i1D3. The summed E-state index contributed by atoms with van der Waals surface area (Å²) in [5, 5.41) is 0. The van der Waals surface area contributed by atoms with Crippen molar-refractivity contribution in [2.24, 2.45) is 5.92 Å². The van der Waals surface area contributed by atoms with E-state index in [9.17, 15) is 13.2 Å². The largest absolute Gasteiger partial charge is 0.416 e. The highest BCUT2D eigenvalue weighted by molar-refractivity contribution is 5.30. The van der Waals surface area contributed by atoms with Crippen LogP contribution in [0, 0.1) is 5.92 Å². The normalized spacial score (nSPS) is 30.4. The number of halogens is 3. The Labute approximate surface area is 85.0 Å². The molecule has 0 N–H and O–H groups in total. The predicted molar refractivity (Wildman–Crippen MR) is 48.0 cm³/mol. The summed E-state index contributed by atoms with van der Waals surface area (Å²) in [6.07, 6.45) is -3.81. The van der Waals surface area contributed by atoms with Gasteiger partial charge in [0, 0.05) is 4.11 Å². The molecule has 1 saturated carbocycles. The van der Waals surface area contributed by atoms with E-state index in [4.69, 9.17) is 4.11 Å². The van der Waals surface area contributed by atoms with Crippen LogP contribution in [-0.4, -0.2) is 0 Å². The number of benzene rings is 1. The van der Waals surface area contributed by atoms with E-state index < -0.39 is 24.5 Å². The molecule has 1 aliphatic rings. The lowest BCUT2D eigenvalue weighted by Gasteiger charge is -2.06. The van der Waals surface area contributed by atoms with Gasteiger partial charge in [0.15, 0.2) is 0 Å². The van der Waals surface area contributed by atoms with Crippen LogP contribution in [0.3, 0.4) is 0 Å². The second-order valence-corrected chi connectivity index (χ2v) is 3.57. The first kappa shape index (κ1) is 6.49. The van der Waals surface area contributed by atoms with Crippen LogP contribution >= 0.6 is 0 Å². The van der Waals surface area contributed by atoms with Gasteiger partial charge in [-0.2, -0.15) is 13.2 Å². The lowest BCUT2D eigenvalue weighted by Crippen LogP contribution is -2.04. The fraction of sp³-hybridized carbons (Fsp3) is 0.455. The quantitative estimate of drug-likeness (QED) is 0.650. The molecule has 1 fully saturated rings. The van der Waals surface area contributed by atoms with Gasteiger partial charge in [0.05, 0.1) is 5.56 Å². The van der Waals surface area contributed by atoms with Gasteiger partial charge in [-0.1, -0.05) is 19.0 Å². The second kappa shape index (κ2) is 3.01. The van der Waals surface area contributed by atoms with E-state index in [-0.39, 0.29) is 5.92 Å². The van der Waals surface area contributed by atoms with Crippen molar-refractivity contribution in [1.29, 1.82) is 0 Å². The number of hydrogen-bond donors (Lipinski definition) is 0. The van der Waals surface area contributed by atoms with E-state index in [1.165, 1.54) is 12.1 Å². The van der Waals surface area contributed by atoms with Gasteiger partial charge >= 0.3 is 6.18 Å². The molecule has 1 aromatic rings. The molecular weight excluding hydrogens is 189 g/mol. The molecule has 0 radical (unpaired) electrons. The minimum atomic E-state index is -4.34. The minimum absolute atomic E-state index is 0.121. The van der Waals surface area contributed by atoms with Crippen molar-refractivity contribution in [2.45, 2.75) is 25.4 Å². The fourth-order valence-electron chi connectivity index (χ4n) is 1.48. The molecule has 0 spiro atoms. The van der Waals surface area contributed by atoms with Gasteiger partial charge in [-0.15, -0.1) is 0 Å². The zero-order valence-corrected chi connectivity index (χ0v) is 7.31. The van der Waals surface area contributed by atoms with Gasteiger partial charge in [0.1, 0.15) is 0 Å². The highest BCUT2D eigenvalue weighted by Crippen LogP contribution is 2.47. The van der Waals surface area contributed by atoms with Gasteiger partial charge in [0.2, 0.25) is 0 Å². The van der Waals surface area contributed by atoms with Crippen LogP contribution < -0.4 is 0 Å². The third-order valence-electron chi connectivity index (χ3n) is 2.46. The highest BCUT2D eigenvalue weighted by atomic mass is 19.4. The molecule has 0 bridgehead atoms. The van der Waals surface area contributed by atoms with Crippen LogP contribution in [0.5, 0.6) is 0 Å². The zero-order valence-electron chi connectivity index (χ0n) is 10.3. The third-order valence-corrected chi connectivity index (χ3v) is 2.46. The summed E-state index contributed by atoms with van der Waals surface area (Å²) in [7, 11) is 0. The van der Waals surface area contributed by atoms with E-state index in [1.807, 2.05) is 0 Å². The molecule has 0 nitrogen and oxygen atoms in total. The molecule has 14 heavy (non-hydrogen) atoms. The number of rotatable bonds is 1. The van der Waals surface area contributed by atoms with Crippen LogP contribution in [-0.2, 0) is 6.18 Å². The molecule has 1 aromatic carbocycles. The Balaban J connectivity index is 2.11. The van der Waals surface area contributed by atoms with Gasteiger partial charge in [-0.3, -0.25) is 0 Å². The average molecular weight is 203 g/mol. The van der Waals surface area contributed by atoms with E-state index in [0.717, 1.165) is 12.1 Å². The Morgan fingerprint density at radius 2 is 1.93 bits per heavy atom. The zero-order chi connectivity index (χ0) is 12.8. The topological polar surface area (TPSA) is 0 Å². The Morgan fingerprint density at radius 3 is 2.36 bits per heavy atom. The minimum Gasteiger partial charge on any atom is -0.166 e. The molecule has 0 aromatic heterocycles. The number of alkyl halides is 3. The van der Waals surface area contributed by atoms with E-state index >= 15 is 0 Å². The predicted octanol–water partition coefficient (Wildman–Crippen LogP) is 3.83. The lowest BCUT2D eigenvalue weighted by molar-refractivity contribution is -0.137. The van der Waals surface area contributed by atoms with Crippen molar-refractivity contribution in [3.63, 3.8) is 0 Å². The van der Waals surface area contributed by atoms with Crippen molar-refractivity contribution in [1.82, 2.24) is 0 Å². The maximum absolute atomic E-state index is 12.3. The fourth-order valence-corrected chi connectivity index (χ4v) is 1.48. The molecule has 2 atom stereocenters. The molecule has 0 aliphatic heterocycles. The molecule has 3 heteroatoms. The van der Waals surface area contributed by atoms with Gasteiger partial charge in [0.25, 0.3) is 0 Å². The molecule has 0 amide bonds. The van der Waals surface area contributed by atoms with Crippen LogP contribution in [0.25, 0.3) is 0 Å². The summed E-state index contributed by atoms with van der Waals surface area (Å²) >= 11 is 0. The van der Waals surface area contributed by atoms with Crippen LogP contribution in [0.2, 0.25) is 0 Å². The van der Waals surface area contributed by atoms with Gasteiger partial charge in [-0.05, 0) is 36.0 Å². The summed E-state index contributed by atoms with van der Waals surface area (Å²) in [6.45, 7) is -2.01. The average Bonchev–Trinajstić information content (AvgIpc) is 2.95. The molecule has 0 saturated heterocycles. The first-order chi connectivity index (χ1) is 7.69. The summed E-state index contributed by atoms with van der Waals surface area (Å²) in [5.41, 5.74) is -0.0218.